The van der Waals surface area contributed by atoms with Crippen molar-refractivity contribution in [2.45, 2.75) is 19.4 Å². The Balaban J connectivity index is 2.08. The minimum Gasteiger partial charge on any atom is -0.508 e. The van der Waals surface area contributed by atoms with Gasteiger partial charge in [0.15, 0.2) is 0 Å². The van der Waals surface area contributed by atoms with Crippen molar-refractivity contribution in [3.8, 4) is 5.75 Å². The highest BCUT2D eigenvalue weighted by atomic mass is 79.9. The fourth-order valence-corrected chi connectivity index (χ4v) is 2.34. The van der Waals surface area contributed by atoms with Gasteiger partial charge >= 0.3 is 0 Å². The minimum absolute atomic E-state index is 0.321. The Morgan fingerprint density at radius 2 is 2.00 bits per heavy atom. The fourth-order valence-electron chi connectivity index (χ4n) is 1.85. The molecule has 1 aromatic rings. The van der Waals surface area contributed by atoms with E-state index in [1.54, 1.807) is 12.1 Å². The molecule has 0 saturated carbocycles. The summed E-state index contributed by atoms with van der Waals surface area (Å²) < 4.78 is 1.00. The van der Waals surface area contributed by atoms with E-state index in [2.05, 4.69) is 20.8 Å². The van der Waals surface area contributed by atoms with Crippen LogP contribution in [0, 0.1) is 0 Å². The molecule has 0 atom stereocenters. The summed E-state index contributed by atoms with van der Waals surface area (Å²) in [6.45, 7) is 3.39. The number of aromatic hydroxyl groups is 1. The van der Waals surface area contributed by atoms with E-state index in [9.17, 15) is 5.11 Å². The molecular weight excluding hydrogens is 242 g/mol. The predicted molar refractivity (Wildman–Crippen MR) is 60.3 cm³/mol. The Bertz CT molecular complexity index is 321. The summed E-state index contributed by atoms with van der Waals surface area (Å²) in [4.78, 5) is 2.44. The Morgan fingerprint density at radius 3 is 2.64 bits per heavy atom. The van der Waals surface area contributed by atoms with Crippen LogP contribution in [0.3, 0.4) is 0 Å². The number of rotatable bonds is 2. The van der Waals surface area contributed by atoms with E-state index in [0.717, 1.165) is 11.0 Å². The van der Waals surface area contributed by atoms with Crippen molar-refractivity contribution in [1.82, 2.24) is 4.90 Å². The summed E-state index contributed by atoms with van der Waals surface area (Å²) >= 11 is 3.47. The van der Waals surface area contributed by atoms with E-state index in [1.165, 1.54) is 31.5 Å². The molecule has 0 unspecified atom stereocenters. The van der Waals surface area contributed by atoms with Gasteiger partial charge in [0, 0.05) is 11.0 Å². The number of phenolic OH excluding ortho intramolecular Hbond substituents is 1. The monoisotopic (exact) mass is 255 g/mol. The molecule has 0 spiro atoms. The highest BCUT2D eigenvalue weighted by molar-refractivity contribution is 9.10. The Morgan fingerprint density at radius 1 is 1.29 bits per heavy atom. The quantitative estimate of drug-likeness (QED) is 0.879. The Labute approximate surface area is 92.7 Å². The number of hydrogen-bond acceptors (Lipinski definition) is 2. The molecule has 1 aromatic carbocycles. The van der Waals surface area contributed by atoms with Crippen LogP contribution in [0.15, 0.2) is 22.7 Å². The van der Waals surface area contributed by atoms with Gasteiger partial charge in [-0.05, 0) is 43.6 Å². The van der Waals surface area contributed by atoms with E-state index in [1.807, 2.05) is 6.07 Å². The lowest BCUT2D eigenvalue weighted by atomic mass is 10.2. The van der Waals surface area contributed by atoms with Crippen molar-refractivity contribution >= 4 is 15.9 Å². The van der Waals surface area contributed by atoms with Crippen LogP contribution in [0.5, 0.6) is 5.75 Å². The van der Waals surface area contributed by atoms with Crippen molar-refractivity contribution in [1.29, 1.82) is 0 Å². The number of likely N-dealkylation sites (tertiary alicyclic amines) is 1. The zero-order valence-corrected chi connectivity index (χ0v) is 9.63. The second-order valence-electron chi connectivity index (χ2n) is 3.76. The van der Waals surface area contributed by atoms with Gasteiger partial charge in [-0.15, -0.1) is 0 Å². The summed E-state index contributed by atoms with van der Waals surface area (Å²) in [5.74, 6) is 0.321. The third-order valence-corrected chi connectivity index (χ3v) is 3.37. The molecule has 1 saturated heterocycles. The average Bonchev–Trinajstić information content (AvgIpc) is 2.62. The highest BCUT2D eigenvalue weighted by Gasteiger charge is 2.13. The normalized spacial score (nSPS) is 17.5. The molecule has 0 aromatic heterocycles. The van der Waals surface area contributed by atoms with Crippen LogP contribution in [0.25, 0.3) is 0 Å². The first-order chi connectivity index (χ1) is 6.75. The van der Waals surface area contributed by atoms with Crippen molar-refractivity contribution in [2.24, 2.45) is 0 Å². The van der Waals surface area contributed by atoms with Crippen LogP contribution in [0.2, 0.25) is 0 Å². The van der Waals surface area contributed by atoms with Crippen LogP contribution < -0.4 is 0 Å². The molecule has 76 valence electrons. The lowest BCUT2D eigenvalue weighted by Gasteiger charge is -2.15. The molecule has 1 heterocycles. The van der Waals surface area contributed by atoms with Crippen LogP contribution in [0.4, 0.5) is 0 Å². The maximum absolute atomic E-state index is 9.25. The molecule has 1 fully saturated rings. The number of hydrogen-bond donors (Lipinski definition) is 1. The molecule has 2 nitrogen and oxygen atoms in total. The fraction of sp³-hybridized carbons (Fsp3) is 0.455. The van der Waals surface area contributed by atoms with Crippen LogP contribution in [0.1, 0.15) is 18.4 Å². The molecule has 0 amide bonds. The zero-order valence-electron chi connectivity index (χ0n) is 8.04. The summed E-state index contributed by atoms with van der Waals surface area (Å²) in [5, 5.41) is 9.25. The van der Waals surface area contributed by atoms with Gasteiger partial charge in [0.25, 0.3) is 0 Å². The van der Waals surface area contributed by atoms with E-state index in [0.29, 0.717) is 5.75 Å². The van der Waals surface area contributed by atoms with Gasteiger partial charge in [0.1, 0.15) is 5.75 Å². The molecule has 2 rings (SSSR count). The summed E-state index contributed by atoms with van der Waals surface area (Å²) in [6.07, 6.45) is 2.63. The van der Waals surface area contributed by atoms with Gasteiger partial charge in [-0.25, -0.2) is 0 Å². The summed E-state index contributed by atoms with van der Waals surface area (Å²) in [6, 6.07) is 5.49. The predicted octanol–water partition coefficient (Wildman–Crippen LogP) is 2.75. The molecule has 1 N–H and O–H groups in total. The topological polar surface area (TPSA) is 23.5 Å². The lowest BCUT2D eigenvalue weighted by molar-refractivity contribution is 0.330. The average molecular weight is 256 g/mol. The van der Waals surface area contributed by atoms with Crippen molar-refractivity contribution < 1.29 is 5.11 Å². The molecule has 0 aliphatic carbocycles. The first kappa shape index (κ1) is 9.99. The van der Waals surface area contributed by atoms with Crippen molar-refractivity contribution in [3.05, 3.63) is 28.2 Å². The van der Waals surface area contributed by atoms with Gasteiger partial charge in [0.05, 0.1) is 0 Å². The summed E-state index contributed by atoms with van der Waals surface area (Å²) in [5.41, 5.74) is 1.25. The Kier molecular flexibility index (Phi) is 3.08. The largest absolute Gasteiger partial charge is 0.508 e. The molecule has 0 radical (unpaired) electrons. The first-order valence-corrected chi connectivity index (χ1v) is 5.75. The highest BCUT2D eigenvalue weighted by Crippen LogP contribution is 2.24. The second-order valence-corrected chi connectivity index (χ2v) is 4.61. The van der Waals surface area contributed by atoms with Crippen LogP contribution in [-0.2, 0) is 6.54 Å². The standard InChI is InChI=1S/C11H14BrNO/c12-11-7-10(14)4-3-9(11)8-13-5-1-2-6-13/h3-4,7,14H,1-2,5-6,8H2. The van der Waals surface area contributed by atoms with Crippen LogP contribution in [-0.4, -0.2) is 23.1 Å². The zero-order chi connectivity index (χ0) is 9.97. The number of nitrogens with zero attached hydrogens (tertiary/aromatic N) is 1. The van der Waals surface area contributed by atoms with Gasteiger partial charge in [-0.3, -0.25) is 4.90 Å². The third kappa shape index (κ3) is 2.28. The molecule has 3 heteroatoms. The summed E-state index contributed by atoms with van der Waals surface area (Å²) in [7, 11) is 0. The SMILES string of the molecule is Oc1ccc(CN2CCCC2)c(Br)c1. The van der Waals surface area contributed by atoms with E-state index in [-0.39, 0.29) is 0 Å². The number of phenols is 1. The van der Waals surface area contributed by atoms with E-state index in [4.69, 9.17) is 0 Å². The smallest absolute Gasteiger partial charge is 0.116 e. The van der Waals surface area contributed by atoms with Gasteiger partial charge in [-0.1, -0.05) is 22.0 Å². The van der Waals surface area contributed by atoms with Gasteiger partial charge < -0.3 is 5.11 Å². The molecular formula is C11H14BrNO. The number of benzene rings is 1. The molecule has 1 aliphatic rings. The maximum Gasteiger partial charge on any atom is 0.116 e. The van der Waals surface area contributed by atoms with Gasteiger partial charge in [0.2, 0.25) is 0 Å². The minimum atomic E-state index is 0.321. The lowest BCUT2D eigenvalue weighted by Crippen LogP contribution is -2.18. The van der Waals surface area contributed by atoms with Crippen molar-refractivity contribution in [2.75, 3.05) is 13.1 Å². The molecule has 0 bridgehead atoms. The first-order valence-electron chi connectivity index (χ1n) is 4.95. The molecule has 1 aliphatic heterocycles. The maximum atomic E-state index is 9.25. The second kappa shape index (κ2) is 4.32. The third-order valence-electron chi connectivity index (χ3n) is 2.63. The van der Waals surface area contributed by atoms with Crippen molar-refractivity contribution in [3.63, 3.8) is 0 Å². The number of halogens is 1. The van der Waals surface area contributed by atoms with E-state index < -0.39 is 0 Å². The van der Waals surface area contributed by atoms with Crippen LogP contribution >= 0.6 is 15.9 Å². The van der Waals surface area contributed by atoms with Gasteiger partial charge in [-0.2, -0.15) is 0 Å². The molecule has 14 heavy (non-hydrogen) atoms. The van der Waals surface area contributed by atoms with E-state index >= 15 is 0 Å². The Hall–Kier alpha value is -0.540.